The number of anilines is 2. The zero-order valence-electron chi connectivity index (χ0n) is 27.9. The summed E-state index contributed by atoms with van der Waals surface area (Å²) in [5, 5.41) is 1.82. The minimum Gasteiger partial charge on any atom is -0.493 e. The van der Waals surface area contributed by atoms with Gasteiger partial charge in [0.2, 0.25) is 0 Å². The molecular formula is C22H24ClFN4O3. The smallest absolute Gasteiger partial charge is 0.162 e. The van der Waals surface area contributed by atoms with Crippen LogP contribution >= 0.6 is 11.6 Å². The van der Waals surface area contributed by atoms with Crippen LogP contribution in [0.25, 0.3) is 10.9 Å². The monoisotopic (exact) mass is 458 g/mol. The van der Waals surface area contributed by atoms with Gasteiger partial charge in [-0.15, -0.1) is 0 Å². The van der Waals surface area contributed by atoms with Crippen molar-refractivity contribution in [3.63, 3.8) is 0 Å². The van der Waals surface area contributed by atoms with Gasteiger partial charge in [-0.1, -0.05) is 11.6 Å². The predicted octanol–water partition coefficient (Wildman–Crippen LogP) is 4.28. The lowest BCUT2D eigenvalue weighted by atomic mass is 10.2. The van der Waals surface area contributed by atoms with E-state index in [0.717, 1.165) is 23.4 Å². The normalized spacial score (nSPS) is 22.0. The van der Waals surface area contributed by atoms with Gasteiger partial charge in [-0.3, -0.25) is 4.90 Å². The maximum Gasteiger partial charge on any atom is 0.162 e. The van der Waals surface area contributed by atoms with Gasteiger partial charge in [0, 0.05) is 42.2 Å². The quantitative estimate of drug-likeness (QED) is 0.540. The molecule has 0 atom stereocenters. The van der Waals surface area contributed by atoms with Gasteiger partial charge in [0.25, 0.3) is 0 Å². The topological polar surface area (TPSA) is 68.7 Å². The zero-order valence-corrected chi connectivity index (χ0v) is 16.6. The van der Waals surface area contributed by atoms with Gasteiger partial charge in [0.1, 0.15) is 18.0 Å². The van der Waals surface area contributed by atoms with Crippen LogP contribution in [0.2, 0.25) is 5.02 Å². The summed E-state index contributed by atoms with van der Waals surface area (Å²) in [6, 6.07) is -0.267. The number of halogens is 2. The highest BCUT2D eigenvalue weighted by molar-refractivity contribution is 6.31. The number of fused-ring (bicyclic) bond motifs is 1. The fourth-order valence-corrected chi connectivity index (χ4v) is 2.87. The van der Waals surface area contributed by atoms with Gasteiger partial charge < -0.3 is 19.5 Å². The Balaban J connectivity index is 1.83. The number of rotatable bonds is 8. The second-order valence-corrected chi connectivity index (χ2v) is 6.56. The Hall–Kier alpha value is -2.68. The summed E-state index contributed by atoms with van der Waals surface area (Å²) in [4.78, 5) is 9.11. The Labute approximate surface area is 202 Å². The van der Waals surface area contributed by atoms with Crippen molar-refractivity contribution in [3.8, 4) is 11.5 Å². The van der Waals surface area contributed by atoms with E-state index in [-0.39, 0.29) is 43.0 Å². The molecule has 1 aliphatic rings. The van der Waals surface area contributed by atoms with Crippen LogP contribution in [0.5, 0.6) is 11.5 Å². The van der Waals surface area contributed by atoms with Gasteiger partial charge >= 0.3 is 0 Å². The number of aromatic nitrogens is 2. The average molecular weight is 459 g/mol. The number of benzene rings is 2. The SMILES string of the molecule is [2H]c1c([2H])c(Nc2ncnc3cc(OC([2H])([2H])[2H])c(OC([2H])([2H])C([2H])([2H])C([2H])([2H])N4CCOCC4)cc23)c([2H])c(Cl)c1F. The highest BCUT2D eigenvalue weighted by Crippen LogP contribution is 2.35. The van der Waals surface area contributed by atoms with E-state index in [4.69, 9.17) is 42.3 Å². The molecule has 4 rings (SSSR count). The molecule has 3 aromatic rings. The van der Waals surface area contributed by atoms with Crippen molar-refractivity contribution < 1.29 is 35.1 Å². The first-order valence-electron chi connectivity index (χ1n) is 15.0. The molecule has 1 N–H and O–H groups in total. The first kappa shape index (κ1) is 11.3. The Morgan fingerprint density at radius 2 is 2.19 bits per heavy atom. The van der Waals surface area contributed by atoms with E-state index in [9.17, 15) is 4.39 Å². The summed E-state index contributed by atoms with van der Waals surface area (Å²) < 4.78 is 127. The number of ether oxygens (including phenoxy) is 3. The zero-order chi connectivity index (χ0) is 32.1. The van der Waals surface area contributed by atoms with Crippen LogP contribution in [-0.4, -0.2) is 61.3 Å². The van der Waals surface area contributed by atoms with Crippen molar-refractivity contribution in [2.24, 2.45) is 0 Å². The largest absolute Gasteiger partial charge is 0.493 e. The molecule has 9 heteroatoms. The lowest BCUT2D eigenvalue weighted by Crippen LogP contribution is -2.37. The van der Waals surface area contributed by atoms with E-state index in [1.54, 1.807) is 0 Å². The number of methoxy groups -OCH3 is 1. The number of nitrogens with one attached hydrogen (secondary N) is 1. The lowest BCUT2D eigenvalue weighted by molar-refractivity contribution is 0.0357. The van der Waals surface area contributed by atoms with Crippen LogP contribution in [0.15, 0.2) is 36.6 Å². The van der Waals surface area contributed by atoms with Crippen LogP contribution < -0.4 is 14.8 Å². The number of hydrogen-bond acceptors (Lipinski definition) is 7. The Bertz CT molecular complexity index is 1510. The second-order valence-electron chi connectivity index (χ2n) is 6.18. The van der Waals surface area contributed by atoms with E-state index in [2.05, 4.69) is 15.3 Å². The molecule has 0 saturated carbocycles. The van der Waals surface area contributed by atoms with Gasteiger partial charge in [0.05, 0.1) is 48.3 Å². The maximum absolute atomic E-state index is 14.1. The molecule has 0 aliphatic carbocycles. The summed E-state index contributed by atoms with van der Waals surface area (Å²) in [7, 11) is -3.08. The summed E-state index contributed by atoms with van der Waals surface area (Å²) in [5.74, 6) is -2.73. The molecule has 1 aromatic heterocycles. The third-order valence-corrected chi connectivity index (χ3v) is 4.48. The lowest BCUT2D eigenvalue weighted by Gasteiger charge is -2.26. The van der Waals surface area contributed by atoms with Gasteiger partial charge in [-0.05, 0) is 30.6 Å². The molecule has 7 nitrogen and oxygen atoms in total. The molecular weight excluding hydrogens is 423 g/mol. The first-order valence-corrected chi connectivity index (χ1v) is 9.37. The number of morpholine rings is 1. The van der Waals surface area contributed by atoms with E-state index in [0.29, 0.717) is 0 Å². The molecule has 1 fully saturated rings. The summed E-state index contributed by atoms with van der Waals surface area (Å²) >= 11 is 5.81. The van der Waals surface area contributed by atoms with Crippen LogP contribution in [0.1, 0.15) is 22.8 Å². The molecule has 0 amide bonds. The van der Waals surface area contributed by atoms with Gasteiger partial charge in [-0.25, -0.2) is 14.4 Å². The predicted molar refractivity (Wildman–Crippen MR) is 118 cm³/mol. The van der Waals surface area contributed by atoms with Crippen molar-refractivity contribution in [1.29, 1.82) is 0 Å². The van der Waals surface area contributed by atoms with Crippen molar-refractivity contribution in [2.45, 2.75) is 6.37 Å². The first-order chi connectivity index (χ1) is 19.8. The average Bonchev–Trinajstić information content (AvgIpc) is 2.93. The van der Waals surface area contributed by atoms with Gasteiger partial charge in [-0.2, -0.15) is 0 Å². The fraction of sp³-hybridized carbons (Fsp3) is 0.364. The molecule has 0 radical (unpaired) electrons. The van der Waals surface area contributed by atoms with Crippen LogP contribution in [0, 0.1) is 5.82 Å². The molecule has 0 bridgehead atoms. The Morgan fingerprint density at radius 1 is 1.32 bits per heavy atom. The Kier molecular flexibility index (Phi) is 3.66. The fourth-order valence-electron chi connectivity index (χ4n) is 2.73. The second kappa shape index (κ2) is 10.1. The molecule has 2 heterocycles. The summed E-state index contributed by atoms with van der Waals surface area (Å²) in [6.07, 6.45) is -2.34. The highest BCUT2D eigenvalue weighted by Gasteiger charge is 2.14. The van der Waals surface area contributed by atoms with E-state index >= 15 is 0 Å². The molecule has 2 aromatic carbocycles. The third-order valence-electron chi connectivity index (χ3n) is 4.22. The summed E-state index contributed by atoms with van der Waals surface area (Å²) in [5.41, 5.74) is -0.430. The van der Waals surface area contributed by atoms with Crippen molar-refractivity contribution in [1.82, 2.24) is 14.9 Å². The standard InChI is InChI=1S/C22H24ClFN4O3/c1-29-20-13-19-16(12-21(20)31-8-2-5-28-6-9-30-10-7-28)22(26-14-25-19)27-15-3-4-18(24)17(23)11-15/h3-4,11-14H,2,5-10H2,1H3,(H,25,26,27)/i1D3,2D2,3D,4D,5D2,8D2,11D. The van der Waals surface area contributed by atoms with Crippen LogP contribution in [0.3, 0.4) is 0 Å². The Morgan fingerprint density at radius 3 is 3.03 bits per heavy atom. The number of hydrogen-bond donors (Lipinski definition) is 1. The highest BCUT2D eigenvalue weighted by atomic mass is 35.5. The molecule has 31 heavy (non-hydrogen) atoms. The maximum atomic E-state index is 14.1. The number of nitrogens with zero attached hydrogens (tertiary/aromatic N) is 3. The van der Waals surface area contributed by atoms with Crippen LogP contribution in [-0.2, 0) is 4.74 Å². The molecule has 164 valence electrons. The van der Waals surface area contributed by atoms with Crippen LogP contribution in [0.4, 0.5) is 15.9 Å². The van der Waals surface area contributed by atoms with E-state index < -0.39 is 72.6 Å². The molecule has 1 saturated heterocycles. The minimum absolute atomic E-state index is 0.0197. The molecule has 0 spiro atoms. The third kappa shape index (κ3) is 5.33. The van der Waals surface area contributed by atoms with E-state index in [1.165, 1.54) is 0 Å². The molecule has 0 unspecified atom stereocenters. The molecule has 1 aliphatic heterocycles. The van der Waals surface area contributed by atoms with Crippen molar-refractivity contribution in [3.05, 3.63) is 47.4 Å². The van der Waals surface area contributed by atoms with E-state index in [1.807, 2.05) is 0 Å². The minimum atomic E-state index is -3.44. The summed E-state index contributed by atoms with van der Waals surface area (Å²) in [6.45, 7) is -6.21. The van der Waals surface area contributed by atoms with Gasteiger partial charge in [0.15, 0.2) is 11.5 Å². The van der Waals surface area contributed by atoms with Crippen molar-refractivity contribution in [2.75, 3.05) is 51.7 Å². The van der Waals surface area contributed by atoms with Crippen molar-refractivity contribution >= 4 is 34.0 Å².